The molecule has 3 rings (SSSR count). The Morgan fingerprint density at radius 1 is 1.31 bits per heavy atom. The molecule has 0 spiro atoms. The number of benzene rings is 1. The third-order valence-electron chi connectivity index (χ3n) is 3.85. The second kappa shape index (κ2) is 8.43. The van der Waals surface area contributed by atoms with Crippen molar-refractivity contribution in [2.45, 2.75) is 32.0 Å². The van der Waals surface area contributed by atoms with Crippen molar-refractivity contribution in [3.05, 3.63) is 41.5 Å². The maximum absolute atomic E-state index is 12.0. The van der Waals surface area contributed by atoms with Gasteiger partial charge in [0.1, 0.15) is 5.75 Å². The molecule has 0 bridgehead atoms. The molecule has 3 N–H and O–H groups in total. The summed E-state index contributed by atoms with van der Waals surface area (Å²) in [6.07, 6.45) is 2.16. The second-order valence-electron chi connectivity index (χ2n) is 5.94. The highest BCUT2D eigenvalue weighted by atomic mass is 16.5. The van der Waals surface area contributed by atoms with Gasteiger partial charge in [0.2, 0.25) is 11.7 Å². The van der Waals surface area contributed by atoms with Crippen molar-refractivity contribution in [1.29, 1.82) is 0 Å². The first-order chi connectivity index (χ1) is 12.6. The van der Waals surface area contributed by atoms with Crippen LogP contribution in [0.4, 0.5) is 0 Å². The van der Waals surface area contributed by atoms with E-state index in [0.29, 0.717) is 12.3 Å². The third kappa shape index (κ3) is 5.03. The molecular formula is C17H20N4O5. The zero-order chi connectivity index (χ0) is 18.4. The van der Waals surface area contributed by atoms with E-state index in [1.807, 2.05) is 0 Å². The molecule has 1 aliphatic rings. The summed E-state index contributed by atoms with van der Waals surface area (Å²) in [5.74, 6) is -0.106. The normalized spacial score (nSPS) is 16.4. The molecule has 1 aromatic heterocycles. The number of ether oxygens (including phenoxy) is 2. The Labute approximate surface area is 149 Å². The minimum absolute atomic E-state index is 0.0437. The van der Waals surface area contributed by atoms with Crippen LogP contribution in [0.1, 0.15) is 34.9 Å². The highest BCUT2D eigenvalue weighted by Crippen LogP contribution is 2.14. The van der Waals surface area contributed by atoms with Crippen molar-refractivity contribution in [3.8, 4) is 5.75 Å². The van der Waals surface area contributed by atoms with Gasteiger partial charge in [0, 0.05) is 13.2 Å². The van der Waals surface area contributed by atoms with Crippen molar-refractivity contribution in [3.63, 3.8) is 0 Å². The Kier molecular flexibility index (Phi) is 5.80. The van der Waals surface area contributed by atoms with Gasteiger partial charge in [0.25, 0.3) is 0 Å². The average molecular weight is 360 g/mol. The second-order valence-corrected chi connectivity index (χ2v) is 5.94. The van der Waals surface area contributed by atoms with E-state index in [1.165, 1.54) is 0 Å². The van der Waals surface area contributed by atoms with Gasteiger partial charge in [-0.1, -0.05) is 17.3 Å². The van der Waals surface area contributed by atoms with Crippen LogP contribution in [0.15, 0.2) is 28.8 Å². The van der Waals surface area contributed by atoms with Crippen molar-refractivity contribution in [1.82, 2.24) is 15.5 Å². The summed E-state index contributed by atoms with van der Waals surface area (Å²) >= 11 is 0. The van der Waals surface area contributed by atoms with Gasteiger partial charge >= 0.3 is 11.8 Å². The minimum Gasteiger partial charge on any atom is -0.485 e. The number of nitrogens with one attached hydrogen (secondary N) is 1. The molecule has 1 fully saturated rings. The van der Waals surface area contributed by atoms with Crippen molar-refractivity contribution >= 4 is 11.8 Å². The fourth-order valence-electron chi connectivity index (χ4n) is 2.54. The van der Waals surface area contributed by atoms with Crippen LogP contribution in [0.5, 0.6) is 5.75 Å². The van der Waals surface area contributed by atoms with Gasteiger partial charge in [-0.3, -0.25) is 9.59 Å². The number of primary amides is 1. The first-order valence-electron chi connectivity index (χ1n) is 8.32. The Hall–Kier alpha value is -2.94. The van der Waals surface area contributed by atoms with Crippen LogP contribution in [0.2, 0.25) is 0 Å². The summed E-state index contributed by atoms with van der Waals surface area (Å²) in [6.45, 7) is 1.20. The van der Waals surface area contributed by atoms with Crippen LogP contribution in [0.3, 0.4) is 0 Å². The van der Waals surface area contributed by atoms with Crippen LogP contribution < -0.4 is 15.8 Å². The van der Waals surface area contributed by atoms with Crippen LogP contribution in [0, 0.1) is 0 Å². The van der Waals surface area contributed by atoms with Crippen LogP contribution >= 0.6 is 0 Å². The van der Waals surface area contributed by atoms with Gasteiger partial charge in [-0.05, 0) is 30.5 Å². The summed E-state index contributed by atoms with van der Waals surface area (Å²) in [6, 6.07) is 6.93. The van der Waals surface area contributed by atoms with Crippen molar-refractivity contribution in [2.75, 3.05) is 13.2 Å². The van der Waals surface area contributed by atoms with Gasteiger partial charge in [-0.15, -0.1) is 0 Å². The molecule has 9 heteroatoms. The number of carbonyl (C=O) groups is 2. The first kappa shape index (κ1) is 17.9. The fourth-order valence-corrected chi connectivity index (χ4v) is 2.54. The number of aromatic nitrogens is 2. The number of nitrogens with zero attached hydrogens (tertiary/aromatic N) is 2. The van der Waals surface area contributed by atoms with Crippen molar-refractivity contribution in [2.24, 2.45) is 5.73 Å². The number of carbonyl (C=O) groups excluding carboxylic acids is 2. The summed E-state index contributed by atoms with van der Waals surface area (Å²) < 4.78 is 15.9. The predicted molar refractivity (Wildman–Crippen MR) is 89.3 cm³/mol. The molecule has 0 aliphatic carbocycles. The molecule has 0 radical (unpaired) electrons. The lowest BCUT2D eigenvalue weighted by Gasteiger charge is -2.08. The molecule has 1 aliphatic heterocycles. The van der Waals surface area contributed by atoms with E-state index in [9.17, 15) is 9.59 Å². The summed E-state index contributed by atoms with van der Waals surface area (Å²) in [4.78, 5) is 26.9. The average Bonchev–Trinajstić information content (AvgIpc) is 3.30. The number of hydrogen-bond acceptors (Lipinski definition) is 7. The number of nitrogens with two attached hydrogens (primary N) is 1. The van der Waals surface area contributed by atoms with Crippen LogP contribution in [-0.2, 0) is 22.6 Å². The van der Waals surface area contributed by atoms with E-state index in [0.717, 1.165) is 25.0 Å². The molecule has 26 heavy (non-hydrogen) atoms. The highest BCUT2D eigenvalue weighted by molar-refractivity contribution is 5.89. The van der Waals surface area contributed by atoms with E-state index >= 15 is 0 Å². The summed E-state index contributed by atoms with van der Waals surface area (Å²) in [5.41, 5.74) is 5.94. The van der Waals surface area contributed by atoms with Crippen LogP contribution in [-0.4, -0.2) is 41.2 Å². The lowest BCUT2D eigenvalue weighted by Crippen LogP contribution is -2.31. The molecule has 0 saturated carbocycles. The molecular weight excluding hydrogens is 340 g/mol. The Bertz CT molecular complexity index is 753. The Morgan fingerprint density at radius 2 is 2.12 bits per heavy atom. The van der Waals surface area contributed by atoms with E-state index in [-0.39, 0.29) is 30.8 Å². The maximum Gasteiger partial charge on any atom is 0.316 e. The lowest BCUT2D eigenvalue weighted by atomic mass is 10.1. The van der Waals surface area contributed by atoms with Gasteiger partial charge in [0.05, 0.1) is 12.5 Å². The molecule has 0 unspecified atom stereocenters. The topological polar surface area (TPSA) is 130 Å². The summed E-state index contributed by atoms with van der Waals surface area (Å²) in [5, 5.41) is 6.44. The zero-order valence-electron chi connectivity index (χ0n) is 14.1. The monoisotopic (exact) mass is 360 g/mol. The number of amides is 2. The molecule has 2 heterocycles. The smallest absolute Gasteiger partial charge is 0.316 e. The summed E-state index contributed by atoms with van der Waals surface area (Å²) in [7, 11) is 0. The van der Waals surface area contributed by atoms with Gasteiger partial charge in [-0.2, -0.15) is 4.98 Å². The van der Waals surface area contributed by atoms with Crippen LogP contribution in [0.25, 0.3) is 0 Å². The van der Waals surface area contributed by atoms with Gasteiger partial charge in [-0.25, -0.2) is 0 Å². The largest absolute Gasteiger partial charge is 0.485 e. The SMILES string of the molecule is NC(=O)Cc1ccc(OCc2noc(C(=O)NC[C@@H]3CCCO3)n2)cc1. The molecule has 9 nitrogen and oxygen atoms in total. The molecule has 1 atom stereocenters. The van der Waals surface area contributed by atoms with E-state index in [2.05, 4.69) is 15.5 Å². The molecule has 138 valence electrons. The van der Waals surface area contributed by atoms with E-state index < -0.39 is 11.8 Å². The molecule has 1 saturated heterocycles. The lowest BCUT2D eigenvalue weighted by molar-refractivity contribution is -0.117. The third-order valence-corrected chi connectivity index (χ3v) is 3.85. The van der Waals surface area contributed by atoms with Crippen molar-refractivity contribution < 1.29 is 23.6 Å². The fraction of sp³-hybridized carbons (Fsp3) is 0.412. The van der Waals surface area contributed by atoms with Gasteiger partial charge < -0.3 is 25.0 Å². The van der Waals surface area contributed by atoms with Gasteiger partial charge in [0.15, 0.2) is 6.61 Å². The maximum atomic E-state index is 12.0. The van der Waals surface area contributed by atoms with E-state index in [1.54, 1.807) is 24.3 Å². The minimum atomic E-state index is -0.435. The number of hydrogen-bond donors (Lipinski definition) is 2. The zero-order valence-corrected chi connectivity index (χ0v) is 14.1. The predicted octanol–water partition coefficient (Wildman–Crippen LogP) is 0.585. The standard InChI is InChI=1S/C17H20N4O5/c18-14(22)8-11-3-5-12(6-4-11)25-10-15-20-17(26-21-15)16(23)19-9-13-2-1-7-24-13/h3-6,13H,1-2,7-10H2,(H2,18,22)(H,19,23)/t13-/m0/s1. The molecule has 2 aromatic rings. The number of rotatable bonds is 8. The van der Waals surface area contributed by atoms with E-state index in [4.69, 9.17) is 19.7 Å². The molecule has 2 amide bonds. The first-order valence-corrected chi connectivity index (χ1v) is 8.32. The quantitative estimate of drug-likeness (QED) is 0.704. The molecule has 1 aromatic carbocycles. The Morgan fingerprint density at radius 3 is 2.81 bits per heavy atom. The highest BCUT2D eigenvalue weighted by Gasteiger charge is 2.19. The Balaban J connectivity index is 1.47.